The number of aromatic nitrogens is 2. The van der Waals surface area contributed by atoms with Crippen LogP contribution in [0.25, 0.3) is 11.3 Å². The molecule has 0 radical (unpaired) electrons. The van der Waals surface area contributed by atoms with Crippen molar-refractivity contribution in [2.24, 2.45) is 5.73 Å². The predicted octanol–water partition coefficient (Wildman–Crippen LogP) is 2.10. The van der Waals surface area contributed by atoms with Crippen LogP contribution in [-0.4, -0.2) is 17.3 Å². The number of hydrogen-bond acceptors (Lipinski definition) is 3. The van der Waals surface area contributed by atoms with Crippen molar-refractivity contribution >= 4 is 0 Å². The molecular formula is C12H15N3O. The predicted molar refractivity (Wildman–Crippen MR) is 63.2 cm³/mol. The standard InChI is InChI=1S/C12H15N3O/c1-8(13)10-7-11(15-14-10)9-5-3-4-6-12(9)16-2/h3-8H,13H2,1-2H3,(H,14,15). The van der Waals surface area contributed by atoms with Crippen molar-refractivity contribution in [3.63, 3.8) is 0 Å². The lowest BCUT2D eigenvalue weighted by atomic mass is 10.1. The topological polar surface area (TPSA) is 63.9 Å². The smallest absolute Gasteiger partial charge is 0.128 e. The number of nitrogens with two attached hydrogens (primary N) is 1. The van der Waals surface area contributed by atoms with Crippen LogP contribution < -0.4 is 10.5 Å². The van der Waals surface area contributed by atoms with Gasteiger partial charge in [0.25, 0.3) is 0 Å². The first-order chi connectivity index (χ1) is 7.72. The summed E-state index contributed by atoms with van der Waals surface area (Å²) in [5.74, 6) is 0.810. The molecule has 0 bridgehead atoms. The summed E-state index contributed by atoms with van der Waals surface area (Å²) in [4.78, 5) is 0. The van der Waals surface area contributed by atoms with Gasteiger partial charge in [-0.1, -0.05) is 12.1 Å². The molecule has 84 valence electrons. The Morgan fingerprint density at radius 1 is 1.38 bits per heavy atom. The van der Waals surface area contributed by atoms with E-state index in [1.165, 1.54) is 0 Å². The lowest BCUT2D eigenvalue weighted by Crippen LogP contribution is -2.04. The number of nitrogens with zero attached hydrogens (tertiary/aromatic N) is 1. The van der Waals surface area contributed by atoms with Crippen LogP contribution in [0.5, 0.6) is 5.75 Å². The monoisotopic (exact) mass is 217 g/mol. The first-order valence-corrected chi connectivity index (χ1v) is 5.16. The molecule has 1 heterocycles. The number of H-pyrrole nitrogens is 1. The largest absolute Gasteiger partial charge is 0.496 e. The summed E-state index contributed by atoms with van der Waals surface area (Å²) in [5.41, 5.74) is 8.51. The van der Waals surface area contributed by atoms with Gasteiger partial charge in [-0.05, 0) is 25.1 Å². The van der Waals surface area contributed by atoms with E-state index in [4.69, 9.17) is 10.5 Å². The molecule has 4 heteroatoms. The summed E-state index contributed by atoms with van der Waals surface area (Å²) in [6, 6.07) is 9.67. The fraction of sp³-hybridized carbons (Fsp3) is 0.250. The molecule has 16 heavy (non-hydrogen) atoms. The van der Waals surface area contributed by atoms with E-state index in [1.807, 2.05) is 37.3 Å². The van der Waals surface area contributed by atoms with E-state index in [0.29, 0.717) is 0 Å². The summed E-state index contributed by atoms with van der Waals surface area (Å²) < 4.78 is 5.28. The molecule has 3 N–H and O–H groups in total. The molecule has 4 nitrogen and oxygen atoms in total. The van der Waals surface area contributed by atoms with Crippen molar-refractivity contribution in [2.75, 3.05) is 7.11 Å². The summed E-state index contributed by atoms with van der Waals surface area (Å²) in [5, 5.41) is 7.16. The molecule has 0 amide bonds. The quantitative estimate of drug-likeness (QED) is 0.827. The van der Waals surface area contributed by atoms with Crippen molar-refractivity contribution in [3.05, 3.63) is 36.0 Å². The van der Waals surface area contributed by atoms with Crippen LogP contribution in [0.3, 0.4) is 0 Å². The van der Waals surface area contributed by atoms with Gasteiger partial charge in [-0.2, -0.15) is 5.10 Å². The Balaban J connectivity index is 2.42. The Morgan fingerprint density at radius 3 is 2.75 bits per heavy atom. The van der Waals surface area contributed by atoms with Crippen molar-refractivity contribution in [2.45, 2.75) is 13.0 Å². The maximum absolute atomic E-state index is 5.77. The Kier molecular flexibility index (Phi) is 2.92. The van der Waals surface area contributed by atoms with Gasteiger partial charge in [0.05, 0.1) is 18.5 Å². The van der Waals surface area contributed by atoms with Gasteiger partial charge in [-0.3, -0.25) is 5.10 Å². The highest BCUT2D eigenvalue weighted by Gasteiger charge is 2.10. The lowest BCUT2D eigenvalue weighted by Gasteiger charge is -2.04. The molecule has 1 aromatic heterocycles. The summed E-state index contributed by atoms with van der Waals surface area (Å²) in [6.45, 7) is 1.92. The number of methoxy groups -OCH3 is 1. The third kappa shape index (κ3) is 1.92. The minimum atomic E-state index is -0.0454. The highest BCUT2D eigenvalue weighted by atomic mass is 16.5. The average Bonchev–Trinajstić information content (AvgIpc) is 2.78. The minimum absolute atomic E-state index is 0.0454. The number of nitrogens with one attached hydrogen (secondary N) is 1. The van der Waals surface area contributed by atoms with Gasteiger partial charge in [-0.25, -0.2) is 0 Å². The zero-order valence-corrected chi connectivity index (χ0v) is 9.40. The zero-order valence-electron chi connectivity index (χ0n) is 9.40. The van der Waals surface area contributed by atoms with Crippen molar-refractivity contribution in [1.29, 1.82) is 0 Å². The Morgan fingerprint density at radius 2 is 2.12 bits per heavy atom. The Hall–Kier alpha value is -1.81. The lowest BCUT2D eigenvalue weighted by molar-refractivity contribution is 0.416. The van der Waals surface area contributed by atoms with E-state index in [9.17, 15) is 0 Å². The van der Waals surface area contributed by atoms with E-state index in [2.05, 4.69) is 10.2 Å². The Labute approximate surface area is 94.4 Å². The summed E-state index contributed by atoms with van der Waals surface area (Å²) in [7, 11) is 1.65. The maximum atomic E-state index is 5.77. The second-order valence-electron chi connectivity index (χ2n) is 3.70. The van der Waals surface area contributed by atoms with Crippen LogP contribution in [0.2, 0.25) is 0 Å². The van der Waals surface area contributed by atoms with Crippen LogP contribution in [0.1, 0.15) is 18.7 Å². The van der Waals surface area contributed by atoms with Crippen molar-refractivity contribution < 1.29 is 4.74 Å². The fourth-order valence-electron chi connectivity index (χ4n) is 1.56. The molecule has 1 atom stereocenters. The van der Waals surface area contributed by atoms with Gasteiger partial charge >= 0.3 is 0 Å². The molecule has 0 aliphatic rings. The first kappa shape index (κ1) is 10.7. The molecule has 0 saturated carbocycles. The SMILES string of the molecule is COc1ccccc1-c1cc(C(C)N)[nH]n1. The third-order valence-corrected chi connectivity index (χ3v) is 2.47. The summed E-state index contributed by atoms with van der Waals surface area (Å²) >= 11 is 0. The molecular weight excluding hydrogens is 202 g/mol. The zero-order chi connectivity index (χ0) is 11.5. The second-order valence-corrected chi connectivity index (χ2v) is 3.70. The number of benzene rings is 1. The van der Waals surface area contributed by atoms with E-state index >= 15 is 0 Å². The molecule has 0 aliphatic carbocycles. The second kappa shape index (κ2) is 4.37. The van der Waals surface area contributed by atoms with Crippen molar-refractivity contribution in [3.8, 4) is 17.0 Å². The average molecular weight is 217 g/mol. The molecule has 2 aromatic rings. The summed E-state index contributed by atoms with van der Waals surface area (Å²) in [6.07, 6.45) is 0. The number of hydrogen-bond donors (Lipinski definition) is 2. The van der Waals surface area contributed by atoms with E-state index in [0.717, 1.165) is 22.7 Å². The highest BCUT2D eigenvalue weighted by Crippen LogP contribution is 2.28. The molecule has 1 aromatic carbocycles. The van der Waals surface area contributed by atoms with Gasteiger partial charge in [0.15, 0.2) is 0 Å². The van der Waals surface area contributed by atoms with Crippen LogP contribution in [0, 0.1) is 0 Å². The maximum Gasteiger partial charge on any atom is 0.128 e. The van der Waals surface area contributed by atoms with E-state index < -0.39 is 0 Å². The molecule has 2 rings (SSSR count). The van der Waals surface area contributed by atoms with Gasteiger partial charge < -0.3 is 10.5 Å². The first-order valence-electron chi connectivity index (χ1n) is 5.16. The minimum Gasteiger partial charge on any atom is -0.496 e. The van der Waals surface area contributed by atoms with Crippen LogP contribution in [0.15, 0.2) is 30.3 Å². The van der Waals surface area contributed by atoms with Crippen LogP contribution in [-0.2, 0) is 0 Å². The van der Waals surface area contributed by atoms with E-state index in [1.54, 1.807) is 7.11 Å². The number of aromatic amines is 1. The number of para-hydroxylation sites is 1. The fourth-order valence-corrected chi connectivity index (χ4v) is 1.56. The molecule has 1 unspecified atom stereocenters. The van der Waals surface area contributed by atoms with Crippen LogP contribution in [0.4, 0.5) is 0 Å². The van der Waals surface area contributed by atoms with Gasteiger partial charge in [0.2, 0.25) is 0 Å². The molecule has 0 spiro atoms. The molecule has 0 fully saturated rings. The van der Waals surface area contributed by atoms with E-state index in [-0.39, 0.29) is 6.04 Å². The van der Waals surface area contributed by atoms with Gasteiger partial charge in [-0.15, -0.1) is 0 Å². The highest BCUT2D eigenvalue weighted by molar-refractivity contribution is 5.67. The van der Waals surface area contributed by atoms with Crippen molar-refractivity contribution in [1.82, 2.24) is 10.2 Å². The normalized spacial score (nSPS) is 12.4. The Bertz CT molecular complexity index is 477. The number of rotatable bonds is 3. The number of ether oxygens (including phenoxy) is 1. The molecule has 0 aliphatic heterocycles. The molecule has 0 saturated heterocycles. The van der Waals surface area contributed by atoms with Gasteiger partial charge in [0, 0.05) is 11.6 Å². The van der Waals surface area contributed by atoms with Crippen LogP contribution >= 0.6 is 0 Å². The van der Waals surface area contributed by atoms with Gasteiger partial charge in [0.1, 0.15) is 5.75 Å². The third-order valence-electron chi connectivity index (χ3n) is 2.47.